The van der Waals surface area contributed by atoms with Crippen molar-refractivity contribution in [2.24, 2.45) is 11.7 Å². The van der Waals surface area contributed by atoms with Gasteiger partial charge < -0.3 is 10.8 Å². The van der Waals surface area contributed by atoms with E-state index in [4.69, 9.17) is 5.73 Å². The predicted octanol–water partition coefficient (Wildman–Crippen LogP) is 3.82. The maximum Gasteiger partial charge on any atom is 0.0648 e. The summed E-state index contributed by atoms with van der Waals surface area (Å²) in [6, 6.07) is 14.8. The molecule has 2 aromatic rings. The van der Waals surface area contributed by atoms with E-state index in [1.165, 1.54) is 35.6 Å². The van der Waals surface area contributed by atoms with Gasteiger partial charge in [-0.1, -0.05) is 61.7 Å². The highest BCUT2D eigenvalue weighted by molar-refractivity contribution is 5.83. The Morgan fingerprint density at radius 2 is 1.71 bits per heavy atom. The Morgan fingerprint density at radius 3 is 2.43 bits per heavy atom. The van der Waals surface area contributed by atoms with Gasteiger partial charge in [-0.3, -0.25) is 0 Å². The van der Waals surface area contributed by atoms with Crippen LogP contribution in [0.1, 0.15) is 43.6 Å². The van der Waals surface area contributed by atoms with Gasteiger partial charge in [0.05, 0.1) is 6.10 Å². The molecule has 2 nitrogen and oxygen atoms in total. The standard InChI is InChI=1S/C19H25NO/c20-13-18(19(21)15-7-2-1-3-8-15)17-11-10-14-6-4-5-9-16(14)12-17/h4-6,9-12,15,18-19,21H,1-3,7-8,13,20H2. The van der Waals surface area contributed by atoms with Crippen LogP contribution in [0, 0.1) is 5.92 Å². The van der Waals surface area contributed by atoms with Crippen LogP contribution >= 0.6 is 0 Å². The predicted molar refractivity (Wildman–Crippen MR) is 88.3 cm³/mol. The molecule has 2 atom stereocenters. The molecule has 112 valence electrons. The van der Waals surface area contributed by atoms with Crippen molar-refractivity contribution in [2.45, 2.75) is 44.1 Å². The van der Waals surface area contributed by atoms with Crippen LogP contribution in [0.25, 0.3) is 10.8 Å². The van der Waals surface area contributed by atoms with Gasteiger partial charge in [-0.15, -0.1) is 0 Å². The van der Waals surface area contributed by atoms with E-state index in [1.54, 1.807) is 0 Å². The molecule has 0 radical (unpaired) electrons. The Hall–Kier alpha value is -1.38. The Labute approximate surface area is 127 Å². The molecule has 3 rings (SSSR count). The van der Waals surface area contributed by atoms with Crippen LogP contribution in [0.5, 0.6) is 0 Å². The molecule has 1 aliphatic carbocycles. The van der Waals surface area contributed by atoms with Gasteiger partial charge >= 0.3 is 0 Å². The fourth-order valence-electron chi connectivity index (χ4n) is 3.72. The molecule has 0 saturated heterocycles. The Balaban J connectivity index is 1.86. The third kappa shape index (κ3) is 3.12. The van der Waals surface area contributed by atoms with Gasteiger partial charge in [0.2, 0.25) is 0 Å². The molecule has 2 aromatic carbocycles. The lowest BCUT2D eigenvalue weighted by Crippen LogP contribution is -2.33. The summed E-state index contributed by atoms with van der Waals surface area (Å²) in [7, 11) is 0. The highest BCUT2D eigenvalue weighted by Gasteiger charge is 2.29. The number of rotatable bonds is 4. The van der Waals surface area contributed by atoms with E-state index in [9.17, 15) is 5.11 Å². The number of hydrogen-bond acceptors (Lipinski definition) is 2. The maximum absolute atomic E-state index is 10.8. The molecule has 2 heteroatoms. The molecule has 3 N–H and O–H groups in total. The van der Waals surface area contributed by atoms with Gasteiger partial charge in [0.1, 0.15) is 0 Å². The first-order chi connectivity index (χ1) is 10.3. The lowest BCUT2D eigenvalue weighted by atomic mass is 9.78. The fourth-order valence-corrected chi connectivity index (χ4v) is 3.72. The second kappa shape index (κ2) is 6.59. The lowest BCUT2D eigenvalue weighted by molar-refractivity contribution is 0.0624. The minimum absolute atomic E-state index is 0.0534. The first-order valence-electron chi connectivity index (χ1n) is 8.16. The molecule has 0 amide bonds. The average molecular weight is 283 g/mol. The Morgan fingerprint density at radius 1 is 1.00 bits per heavy atom. The number of aliphatic hydroxyl groups excluding tert-OH is 1. The molecule has 21 heavy (non-hydrogen) atoms. The highest BCUT2D eigenvalue weighted by atomic mass is 16.3. The summed E-state index contributed by atoms with van der Waals surface area (Å²) < 4.78 is 0. The van der Waals surface area contributed by atoms with Crippen molar-refractivity contribution in [3.63, 3.8) is 0 Å². The number of hydrogen-bond donors (Lipinski definition) is 2. The van der Waals surface area contributed by atoms with Gasteiger partial charge in [0, 0.05) is 12.5 Å². The van der Waals surface area contributed by atoms with Gasteiger partial charge in [-0.2, -0.15) is 0 Å². The molecular weight excluding hydrogens is 258 g/mol. The summed E-state index contributed by atoms with van der Waals surface area (Å²) in [5, 5.41) is 13.2. The van der Waals surface area contributed by atoms with E-state index in [0.717, 1.165) is 12.8 Å². The third-order valence-corrected chi connectivity index (χ3v) is 5.00. The van der Waals surface area contributed by atoms with Crippen LogP contribution in [-0.4, -0.2) is 17.8 Å². The van der Waals surface area contributed by atoms with Crippen LogP contribution in [-0.2, 0) is 0 Å². The van der Waals surface area contributed by atoms with E-state index >= 15 is 0 Å². The monoisotopic (exact) mass is 283 g/mol. The summed E-state index contributed by atoms with van der Waals surface area (Å²) in [5.41, 5.74) is 7.17. The van der Waals surface area contributed by atoms with E-state index in [1.807, 2.05) is 0 Å². The van der Waals surface area contributed by atoms with Crippen LogP contribution in [0.2, 0.25) is 0 Å². The zero-order valence-electron chi connectivity index (χ0n) is 12.5. The average Bonchev–Trinajstić information content (AvgIpc) is 2.56. The summed E-state index contributed by atoms with van der Waals surface area (Å²) >= 11 is 0. The third-order valence-electron chi connectivity index (χ3n) is 5.00. The van der Waals surface area contributed by atoms with Gasteiger partial charge in [0.25, 0.3) is 0 Å². The molecule has 0 spiro atoms. The quantitative estimate of drug-likeness (QED) is 0.896. The van der Waals surface area contributed by atoms with Crippen LogP contribution < -0.4 is 5.73 Å². The van der Waals surface area contributed by atoms with Crippen LogP contribution in [0.3, 0.4) is 0 Å². The number of fused-ring (bicyclic) bond motifs is 1. The van der Waals surface area contributed by atoms with E-state index in [-0.39, 0.29) is 12.0 Å². The molecule has 1 aliphatic rings. The zero-order chi connectivity index (χ0) is 14.7. The normalized spacial score (nSPS) is 19.5. The zero-order valence-corrected chi connectivity index (χ0v) is 12.5. The van der Waals surface area contributed by atoms with Crippen molar-refractivity contribution in [1.82, 2.24) is 0 Å². The van der Waals surface area contributed by atoms with Crippen molar-refractivity contribution in [3.05, 3.63) is 48.0 Å². The number of nitrogens with two attached hydrogens (primary N) is 1. The summed E-state index contributed by atoms with van der Waals surface area (Å²) in [5.74, 6) is 0.469. The van der Waals surface area contributed by atoms with Crippen molar-refractivity contribution in [2.75, 3.05) is 6.54 Å². The molecule has 0 bridgehead atoms. The summed E-state index contributed by atoms with van der Waals surface area (Å²) in [6.45, 7) is 0.510. The highest BCUT2D eigenvalue weighted by Crippen LogP contribution is 2.34. The minimum atomic E-state index is -0.309. The van der Waals surface area contributed by atoms with Crippen molar-refractivity contribution >= 4 is 10.8 Å². The van der Waals surface area contributed by atoms with Gasteiger partial charge in [-0.05, 0) is 35.1 Å². The van der Waals surface area contributed by atoms with Gasteiger partial charge in [0.15, 0.2) is 0 Å². The fraction of sp³-hybridized carbons (Fsp3) is 0.474. The second-order valence-corrected chi connectivity index (χ2v) is 6.34. The van der Waals surface area contributed by atoms with Crippen molar-refractivity contribution in [3.8, 4) is 0 Å². The maximum atomic E-state index is 10.8. The van der Waals surface area contributed by atoms with Crippen molar-refractivity contribution in [1.29, 1.82) is 0 Å². The largest absolute Gasteiger partial charge is 0.392 e. The minimum Gasteiger partial charge on any atom is -0.392 e. The molecule has 0 heterocycles. The molecule has 0 aromatic heterocycles. The SMILES string of the molecule is NCC(c1ccc2ccccc2c1)C(O)C1CCCCC1. The Bertz CT molecular complexity index is 589. The first-order valence-corrected chi connectivity index (χ1v) is 8.16. The number of benzene rings is 2. The van der Waals surface area contributed by atoms with Crippen molar-refractivity contribution < 1.29 is 5.11 Å². The number of aliphatic hydroxyl groups is 1. The van der Waals surface area contributed by atoms with Crippen LogP contribution in [0.4, 0.5) is 0 Å². The molecule has 1 fully saturated rings. The summed E-state index contributed by atoms with van der Waals surface area (Å²) in [6.07, 6.45) is 5.78. The molecular formula is C19H25NO. The smallest absolute Gasteiger partial charge is 0.0648 e. The molecule has 1 saturated carbocycles. The van der Waals surface area contributed by atoms with E-state index in [0.29, 0.717) is 12.5 Å². The molecule has 2 unspecified atom stereocenters. The Kier molecular flexibility index (Phi) is 4.57. The van der Waals surface area contributed by atoms with Gasteiger partial charge in [-0.25, -0.2) is 0 Å². The summed E-state index contributed by atoms with van der Waals surface area (Å²) in [4.78, 5) is 0. The lowest BCUT2D eigenvalue weighted by Gasteiger charge is -2.32. The first kappa shape index (κ1) is 14.6. The van der Waals surface area contributed by atoms with Crippen LogP contribution in [0.15, 0.2) is 42.5 Å². The second-order valence-electron chi connectivity index (χ2n) is 6.34. The topological polar surface area (TPSA) is 46.2 Å². The van der Waals surface area contributed by atoms with E-state index in [2.05, 4.69) is 42.5 Å². The van der Waals surface area contributed by atoms with E-state index < -0.39 is 0 Å². The molecule has 0 aliphatic heterocycles.